The van der Waals surface area contributed by atoms with Crippen molar-refractivity contribution in [2.45, 2.75) is 25.9 Å². The summed E-state index contributed by atoms with van der Waals surface area (Å²) >= 11 is 1.50. The summed E-state index contributed by atoms with van der Waals surface area (Å²) in [7, 11) is -1.71. The highest BCUT2D eigenvalue weighted by Crippen LogP contribution is 2.31. The second kappa shape index (κ2) is 6.26. The van der Waals surface area contributed by atoms with Crippen LogP contribution in [0.4, 0.5) is 0 Å². The zero-order valence-corrected chi connectivity index (χ0v) is 15.3. The number of hydrogen-bond donors (Lipinski definition) is 1. The first-order valence-electron chi connectivity index (χ1n) is 7.44. The Hall–Kier alpha value is -1.78. The summed E-state index contributed by atoms with van der Waals surface area (Å²) < 4.78 is 27.1. The van der Waals surface area contributed by atoms with Gasteiger partial charge in [0.05, 0.1) is 24.0 Å². The molecule has 1 amide bonds. The van der Waals surface area contributed by atoms with Crippen LogP contribution in [0.5, 0.6) is 0 Å². The van der Waals surface area contributed by atoms with Crippen molar-refractivity contribution in [2.75, 3.05) is 12.8 Å². The molecule has 1 unspecified atom stereocenters. The first kappa shape index (κ1) is 17.1. The van der Waals surface area contributed by atoms with Gasteiger partial charge in [0, 0.05) is 42.3 Å². The van der Waals surface area contributed by atoms with E-state index in [1.54, 1.807) is 24.1 Å². The number of nitrogens with zero attached hydrogens (tertiary/aromatic N) is 4. The van der Waals surface area contributed by atoms with Crippen molar-refractivity contribution < 1.29 is 13.2 Å². The molecule has 0 aromatic carbocycles. The number of nitrogens with one attached hydrogen (secondary N) is 1. The normalized spacial score (nSPS) is 18.4. The van der Waals surface area contributed by atoms with Crippen molar-refractivity contribution in [3.8, 4) is 0 Å². The van der Waals surface area contributed by atoms with Gasteiger partial charge in [-0.1, -0.05) is 0 Å². The SMILES string of the molecule is Cc1ncc(CNC(=O)C2c3cnn(C)c3CCN2S(C)(=O)=O)s1. The Morgan fingerprint density at radius 1 is 1.46 bits per heavy atom. The predicted octanol–water partition coefficient (Wildman–Crippen LogP) is 0.360. The van der Waals surface area contributed by atoms with Crippen LogP contribution in [0.25, 0.3) is 0 Å². The summed E-state index contributed by atoms with van der Waals surface area (Å²) in [5.74, 6) is -0.347. The minimum atomic E-state index is -3.51. The molecule has 8 nitrogen and oxygen atoms in total. The molecular weight excluding hydrogens is 350 g/mol. The van der Waals surface area contributed by atoms with Gasteiger partial charge >= 0.3 is 0 Å². The number of sulfonamides is 1. The third-order valence-corrected chi connectivity index (χ3v) is 6.18. The molecule has 1 atom stereocenters. The first-order valence-corrected chi connectivity index (χ1v) is 10.1. The van der Waals surface area contributed by atoms with E-state index >= 15 is 0 Å². The highest BCUT2D eigenvalue weighted by molar-refractivity contribution is 7.88. The van der Waals surface area contributed by atoms with Crippen LogP contribution < -0.4 is 5.32 Å². The third-order valence-electron chi connectivity index (χ3n) is 4.03. The molecule has 1 N–H and O–H groups in total. The van der Waals surface area contributed by atoms with Gasteiger partial charge < -0.3 is 5.32 Å². The van der Waals surface area contributed by atoms with Crippen LogP contribution in [0.3, 0.4) is 0 Å². The summed E-state index contributed by atoms with van der Waals surface area (Å²) in [5.41, 5.74) is 1.54. The summed E-state index contributed by atoms with van der Waals surface area (Å²) in [6.45, 7) is 2.49. The van der Waals surface area contributed by atoms with E-state index in [1.165, 1.54) is 15.6 Å². The molecule has 3 rings (SSSR count). The zero-order valence-electron chi connectivity index (χ0n) is 13.7. The van der Waals surface area contributed by atoms with E-state index in [0.29, 0.717) is 18.5 Å². The van der Waals surface area contributed by atoms with Crippen LogP contribution in [-0.2, 0) is 34.8 Å². The third kappa shape index (κ3) is 3.21. The molecule has 2 aromatic heterocycles. The van der Waals surface area contributed by atoms with Gasteiger partial charge in [0.25, 0.3) is 0 Å². The molecule has 0 bridgehead atoms. The molecule has 0 saturated carbocycles. The standard InChI is InChI=1S/C14H19N5O3S2/c1-9-15-6-10(23-9)7-16-14(20)13-11-8-17-18(2)12(11)4-5-19(13)24(3,21)22/h6,8,13H,4-5,7H2,1-3H3,(H,16,20). The maximum atomic E-state index is 12.7. The molecule has 3 heterocycles. The van der Waals surface area contributed by atoms with Crippen LogP contribution in [0, 0.1) is 6.92 Å². The molecule has 1 aliphatic rings. The fourth-order valence-corrected chi connectivity index (χ4v) is 4.65. The summed E-state index contributed by atoms with van der Waals surface area (Å²) in [5, 5.41) is 7.92. The molecule has 0 fully saturated rings. The Kier molecular flexibility index (Phi) is 4.45. The average molecular weight is 369 g/mol. The topological polar surface area (TPSA) is 97.2 Å². The van der Waals surface area contributed by atoms with Gasteiger partial charge in [0.2, 0.25) is 15.9 Å². The van der Waals surface area contributed by atoms with Crippen molar-refractivity contribution in [1.82, 2.24) is 24.4 Å². The molecule has 1 aliphatic heterocycles. The summed E-state index contributed by atoms with van der Waals surface area (Å²) in [6, 6.07) is -0.883. The van der Waals surface area contributed by atoms with Gasteiger partial charge in [-0.15, -0.1) is 11.3 Å². The van der Waals surface area contributed by atoms with E-state index in [4.69, 9.17) is 0 Å². The van der Waals surface area contributed by atoms with Crippen LogP contribution >= 0.6 is 11.3 Å². The van der Waals surface area contributed by atoms with E-state index in [2.05, 4.69) is 15.4 Å². The van der Waals surface area contributed by atoms with Crippen molar-refractivity contribution in [2.24, 2.45) is 7.05 Å². The Bertz CT molecular complexity index is 871. The largest absolute Gasteiger partial charge is 0.349 e. The van der Waals surface area contributed by atoms with Crippen molar-refractivity contribution in [3.05, 3.63) is 33.5 Å². The number of fused-ring (bicyclic) bond motifs is 1. The van der Waals surface area contributed by atoms with Gasteiger partial charge in [-0.2, -0.15) is 9.40 Å². The summed E-state index contributed by atoms with van der Waals surface area (Å²) in [6.07, 6.45) is 4.96. The average Bonchev–Trinajstić information content (AvgIpc) is 3.09. The van der Waals surface area contributed by atoms with Gasteiger partial charge in [-0.05, 0) is 6.92 Å². The fourth-order valence-electron chi connectivity index (χ4n) is 2.90. The summed E-state index contributed by atoms with van der Waals surface area (Å²) in [4.78, 5) is 17.8. The number of aryl methyl sites for hydroxylation is 2. The predicted molar refractivity (Wildman–Crippen MR) is 89.9 cm³/mol. The number of carbonyl (C=O) groups excluding carboxylic acids is 1. The number of thiazole rings is 1. The quantitative estimate of drug-likeness (QED) is 0.839. The van der Waals surface area contributed by atoms with Crippen LogP contribution in [0.2, 0.25) is 0 Å². The van der Waals surface area contributed by atoms with E-state index in [0.717, 1.165) is 21.8 Å². The van der Waals surface area contributed by atoms with Gasteiger partial charge in [0.15, 0.2) is 0 Å². The van der Waals surface area contributed by atoms with Crippen LogP contribution in [0.15, 0.2) is 12.4 Å². The van der Waals surface area contributed by atoms with Crippen LogP contribution in [0.1, 0.15) is 27.2 Å². The molecular formula is C14H19N5O3S2. The number of rotatable bonds is 4. The second-order valence-corrected chi connectivity index (χ2v) is 9.01. The number of amides is 1. The Morgan fingerprint density at radius 2 is 2.21 bits per heavy atom. The molecule has 0 saturated heterocycles. The molecule has 0 spiro atoms. The van der Waals surface area contributed by atoms with E-state index in [-0.39, 0.29) is 12.5 Å². The first-order chi connectivity index (χ1) is 11.3. The van der Waals surface area contributed by atoms with E-state index < -0.39 is 16.1 Å². The lowest BCUT2D eigenvalue weighted by Gasteiger charge is -2.32. The number of hydrogen-bond acceptors (Lipinski definition) is 6. The molecule has 130 valence electrons. The lowest BCUT2D eigenvalue weighted by molar-refractivity contribution is -0.125. The minimum absolute atomic E-state index is 0.267. The number of carbonyl (C=O) groups is 1. The van der Waals surface area contributed by atoms with Gasteiger partial charge in [0.1, 0.15) is 6.04 Å². The maximum absolute atomic E-state index is 12.7. The minimum Gasteiger partial charge on any atom is -0.349 e. The smallest absolute Gasteiger partial charge is 0.243 e. The molecule has 10 heteroatoms. The highest BCUT2D eigenvalue weighted by Gasteiger charge is 2.39. The lowest BCUT2D eigenvalue weighted by atomic mass is 10.0. The Balaban J connectivity index is 1.87. The maximum Gasteiger partial charge on any atom is 0.243 e. The highest BCUT2D eigenvalue weighted by atomic mass is 32.2. The van der Waals surface area contributed by atoms with Crippen molar-refractivity contribution in [1.29, 1.82) is 0 Å². The monoisotopic (exact) mass is 369 g/mol. The van der Waals surface area contributed by atoms with Crippen molar-refractivity contribution in [3.63, 3.8) is 0 Å². The lowest BCUT2D eigenvalue weighted by Crippen LogP contribution is -2.46. The van der Waals surface area contributed by atoms with Gasteiger partial charge in [-0.25, -0.2) is 13.4 Å². The van der Waals surface area contributed by atoms with E-state index in [1.807, 2.05) is 6.92 Å². The zero-order chi connectivity index (χ0) is 17.5. The van der Waals surface area contributed by atoms with E-state index in [9.17, 15) is 13.2 Å². The Morgan fingerprint density at radius 3 is 2.83 bits per heavy atom. The van der Waals surface area contributed by atoms with Gasteiger partial charge in [-0.3, -0.25) is 9.48 Å². The second-order valence-electron chi connectivity index (χ2n) is 5.76. The Labute approximate surface area is 144 Å². The molecule has 24 heavy (non-hydrogen) atoms. The molecule has 2 aromatic rings. The molecule has 0 radical (unpaired) electrons. The number of aromatic nitrogens is 3. The molecule has 0 aliphatic carbocycles. The fraction of sp³-hybridized carbons (Fsp3) is 0.500. The van der Waals surface area contributed by atoms with Crippen LogP contribution in [-0.4, -0.2) is 46.2 Å². The van der Waals surface area contributed by atoms with Crippen molar-refractivity contribution >= 4 is 27.3 Å².